The summed E-state index contributed by atoms with van der Waals surface area (Å²) in [7, 11) is 0. The van der Waals surface area contributed by atoms with Crippen molar-refractivity contribution >= 4 is 11.8 Å². The molecule has 7 rings (SSSR count). The summed E-state index contributed by atoms with van der Waals surface area (Å²) in [5.74, 6) is 2.54. The van der Waals surface area contributed by atoms with Crippen molar-refractivity contribution in [3.05, 3.63) is 59.9 Å². The molecule has 4 aliphatic carbocycles. The molecule has 1 aromatic carbocycles. The Kier molecular flexibility index (Phi) is 5.54. The standard InChI is InChI=1S/C29H37N3O2/c1-2-10-31(28(34)29-17-21-14-22(18-29)16-23(15-21)19-29)20-26(33)32-13-12-30-11-6-9-25(30)27(32)24-7-4-3-5-8-24/h3-9,11,21-23,27H,2,10,12-20H2,1H3. The smallest absolute Gasteiger partial charge is 0.243 e. The van der Waals surface area contributed by atoms with E-state index < -0.39 is 0 Å². The Bertz CT molecular complexity index is 1020. The zero-order chi connectivity index (χ0) is 23.3. The Balaban J connectivity index is 1.25. The fourth-order valence-corrected chi connectivity index (χ4v) is 8.12. The van der Waals surface area contributed by atoms with Gasteiger partial charge < -0.3 is 14.4 Å². The van der Waals surface area contributed by atoms with Crippen LogP contribution in [0.2, 0.25) is 0 Å². The molecule has 1 atom stereocenters. The molecule has 5 aliphatic rings. The van der Waals surface area contributed by atoms with Gasteiger partial charge in [0.25, 0.3) is 0 Å². The minimum absolute atomic E-state index is 0.0767. The first-order valence-corrected chi connectivity index (χ1v) is 13.3. The molecule has 0 saturated heterocycles. The van der Waals surface area contributed by atoms with E-state index in [1.165, 1.54) is 19.3 Å². The summed E-state index contributed by atoms with van der Waals surface area (Å²) >= 11 is 0. The second kappa shape index (κ2) is 8.58. The van der Waals surface area contributed by atoms with Crippen molar-refractivity contribution in [3.63, 3.8) is 0 Å². The van der Waals surface area contributed by atoms with E-state index in [0.29, 0.717) is 13.1 Å². The van der Waals surface area contributed by atoms with E-state index in [1.807, 2.05) is 28.0 Å². The highest BCUT2D eigenvalue weighted by Crippen LogP contribution is 2.60. The Morgan fingerprint density at radius 2 is 1.62 bits per heavy atom. The number of fused-ring (bicyclic) bond motifs is 1. The number of amides is 2. The third kappa shape index (κ3) is 3.68. The van der Waals surface area contributed by atoms with Gasteiger partial charge in [0.2, 0.25) is 11.8 Å². The first kappa shape index (κ1) is 21.9. The minimum Gasteiger partial charge on any atom is -0.348 e. The van der Waals surface area contributed by atoms with Crippen LogP contribution in [-0.2, 0) is 16.1 Å². The van der Waals surface area contributed by atoms with Gasteiger partial charge in [0.15, 0.2) is 0 Å². The van der Waals surface area contributed by atoms with E-state index in [1.54, 1.807) is 0 Å². The molecule has 1 aliphatic heterocycles. The van der Waals surface area contributed by atoms with Gasteiger partial charge in [-0.2, -0.15) is 0 Å². The second-order valence-corrected chi connectivity index (χ2v) is 11.5. The molecule has 180 valence electrons. The fourth-order valence-electron chi connectivity index (χ4n) is 8.12. The second-order valence-electron chi connectivity index (χ2n) is 11.5. The van der Waals surface area contributed by atoms with Crippen molar-refractivity contribution in [2.75, 3.05) is 19.6 Å². The summed E-state index contributed by atoms with van der Waals surface area (Å²) in [4.78, 5) is 31.9. The van der Waals surface area contributed by atoms with Gasteiger partial charge in [0.1, 0.15) is 0 Å². The lowest BCUT2D eigenvalue weighted by atomic mass is 9.49. The lowest BCUT2D eigenvalue weighted by Gasteiger charge is -2.56. The molecule has 2 aromatic rings. The molecule has 5 heteroatoms. The maximum Gasteiger partial charge on any atom is 0.243 e. The van der Waals surface area contributed by atoms with Crippen LogP contribution in [0.25, 0.3) is 0 Å². The van der Waals surface area contributed by atoms with Crippen LogP contribution in [-0.4, -0.2) is 45.8 Å². The number of hydrogen-bond donors (Lipinski definition) is 0. The summed E-state index contributed by atoms with van der Waals surface area (Å²) in [5, 5.41) is 0. The average molecular weight is 460 g/mol. The Labute approximate surface area is 203 Å². The van der Waals surface area contributed by atoms with Crippen LogP contribution in [0, 0.1) is 23.2 Å². The van der Waals surface area contributed by atoms with Crippen LogP contribution in [0.4, 0.5) is 0 Å². The summed E-state index contributed by atoms with van der Waals surface area (Å²) in [6.45, 7) is 4.47. The molecule has 0 N–H and O–H groups in total. The predicted molar refractivity (Wildman–Crippen MR) is 132 cm³/mol. The number of hydrogen-bond acceptors (Lipinski definition) is 2. The molecule has 4 saturated carbocycles. The normalized spacial score (nSPS) is 31.4. The van der Waals surface area contributed by atoms with E-state index in [4.69, 9.17) is 0 Å². The average Bonchev–Trinajstić information content (AvgIpc) is 3.31. The molecule has 1 unspecified atom stereocenters. The number of carbonyl (C=O) groups is 2. The highest BCUT2D eigenvalue weighted by Gasteiger charge is 2.55. The van der Waals surface area contributed by atoms with Crippen LogP contribution in [0.15, 0.2) is 48.7 Å². The Hall–Kier alpha value is -2.56. The third-order valence-electron chi connectivity index (χ3n) is 9.07. The third-order valence-corrected chi connectivity index (χ3v) is 9.07. The molecular formula is C29H37N3O2. The molecule has 4 fully saturated rings. The van der Waals surface area contributed by atoms with Crippen LogP contribution in [0.1, 0.15) is 69.2 Å². The Morgan fingerprint density at radius 1 is 0.941 bits per heavy atom. The first-order chi connectivity index (χ1) is 16.6. The van der Waals surface area contributed by atoms with Crippen LogP contribution in [0.5, 0.6) is 0 Å². The van der Waals surface area contributed by atoms with Crippen molar-refractivity contribution in [2.24, 2.45) is 23.2 Å². The molecule has 2 amide bonds. The summed E-state index contributed by atoms with van der Waals surface area (Å²) in [6.07, 6.45) is 10.1. The largest absolute Gasteiger partial charge is 0.348 e. The fraction of sp³-hybridized carbons (Fsp3) is 0.586. The maximum atomic E-state index is 14.1. The highest BCUT2D eigenvalue weighted by atomic mass is 16.2. The quantitative estimate of drug-likeness (QED) is 0.618. The SMILES string of the molecule is CCCN(CC(=O)N1CCn2cccc2C1c1ccccc1)C(=O)C12CC3CC(CC(C3)C1)C2. The number of aromatic nitrogens is 1. The maximum absolute atomic E-state index is 14.1. The van der Waals surface area contributed by atoms with Gasteiger partial charge in [-0.25, -0.2) is 0 Å². The number of carbonyl (C=O) groups excluding carboxylic acids is 2. The van der Waals surface area contributed by atoms with Crippen molar-refractivity contribution in [3.8, 4) is 0 Å². The van der Waals surface area contributed by atoms with E-state index in [2.05, 4.69) is 42.0 Å². The zero-order valence-corrected chi connectivity index (χ0v) is 20.4. The van der Waals surface area contributed by atoms with Gasteiger partial charge in [-0.05, 0) is 80.4 Å². The van der Waals surface area contributed by atoms with E-state index in [0.717, 1.165) is 61.2 Å². The number of rotatable bonds is 6. The number of nitrogens with zero attached hydrogens (tertiary/aromatic N) is 3. The summed E-state index contributed by atoms with van der Waals surface area (Å²) < 4.78 is 2.26. The minimum atomic E-state index is -0.195. The molecule has 0 spiro atoms. The topological polar surface area (TPSA) is 45.6 Å². The first-order valence-electron chi connectivity index (χ1n) is 13.3. The highest BCUT2D eigenvalue weighted by molar-refractivity contribution is 5.88. The van der Waals surface area contributed by atoms with Gasteiger partial charge >= 0.3 is 0 Å². The molecule has 34 heavy (non-hydrogen) atoms. The van der Waals surface area contributed by atoms with Crippen LogP contribution >= 0.6 is 0 Å². The lowest BCUT2D eigenvalue weighted by molar-refractivity contribution is -0.160. The van der Waals surface area contributed by atoms with Gasteiger partial charge in [-0.3, -0.25) is 9.59 Å². The summed E-state index contributed by atoms with van der Waals surface area (Å²) in [5.41, 5.74) is 2.09. The van der Waals surface area contributed by atoms with E-state index in [-0.39, 0.29) is 29.8 Å². The van der Waals surface area contributed by atoms with Crippen molar-refractivity contribution in [2.45, 2.75) is 64.5 Å². The van der Waals surface area contributed by atoms with Crippen molar-refractivity contribution in [1.29, 1.82) is 0 Å². The van der Waals surface area contributed by atoms with Gasteiger partial charge in [-0.1, -0.05) is 37.3 Å². The van der Waals surface area contributed by atoms with Crippen molar-refractivity contribution < 1.29 is 9.59 Å². The predicted octanol–water partition coefficient (Wildman–Crippen LogP) is 4.87. The Morgan fingerprint density at radius 3 is 2.26 bits per heavy atom. The van der Waals surface area contributed by atoms with Crippen LogP contribution in [0.3, 0.4) is 0 Å². The molecule has 0 radical (unpaired) electrons. The number of benzene rings is 1. The molecule has 4 bridgehead atoms. The molecule has 5 nitrogen and oxygen atoms in total. The van der Waals surface area contributed by atoms with Gasteiger partial charge in [0.05, 0.1) is 18.0 Å². The monoisotopic (exact) mass is 459 g/mol. The molecular weight excluding hydrogens is 422 g/mol. The van der Waals surface area contributed by atoms with Gasteiger partial charge in [0, 0.05) is 31.5 Å². The lowest BCUT2D eigenvalue weighted by Crippen LogP contribution is -2.56. The van der Waals surface area contributed by atoms with Crippen LogP contribution < -0.4 is 0 Å². The van der Waals surface area contributed by atoms with Crippen molar-refractivity contribution in [1.82, 2.24) is 14.4 Å². The van der Waals surface area contributed by atoms with Gasteiger partial charge in [-0.15, -0.1) is 0 Å². The zero-order valence-electron chi connectivity index (χ0n) is 20.4. The van der Waals surface area contributed by atoms with E-state index in [9.17, 15) is 9.59 Å². The molecule has 2 heterocycles. The molecule has 1 aromatic heterocycles. The van der Waals surface area contributed by atoms with E-state index >= 15 is 0 Å². The summed E-state index contributed by atoms with van der Waals surface area (Å²) in [6, 6.07) is 14.4.